The van der Waals surface area contributed by atoms with Crippen LogP contribution in [0.5, 0.6) is 0 Å². The number of ether oxygens (including phenoxy) is 1. The summed E-state index contributed by atoms with van der Waals surface area (Å²) in [5, 5.41) is 3.84. The first-order valence-electron chi connectivity index (χ1n) is 7.49. The lowest BCUT2D eigenvalue weighted by Crippen LogP contribution is -2.33. The third-order valence-electron chi connectivity index (χ3n) is 3.83. The molecule has 1 N–H and O–H groups in total. The van der Waals surface area contributed by atoms with Crippen molar-refractivity contribution in [3.05, 3.63) is 29.3 Å². The van der Waals surface area contributed by atoms with Gasteiger partial charge >= 0.3 is 5.97 Å². The van der Waals surface area contributed by atoms with E-state index in [2.05, 4.69) is 21.2 Å². The molecule has 1 aliphatic rings. The lowest BCUT2D eigenvalue weighted by Gasteiger charge is -2.26. The Morgan fingerprint density at radius 3 is 2.83 bits per heavy atom. The van der Waals surface area contributed by atoms with Crippen molar-refractivity contribution in [2.75, 3.05) is 17.2 Å². The van der Waals surface area contributed by atoms with Gasteiger partial charge in [-0.3, -0.25) is 9.59 Å². The first-order chi connectivity index (χ1) is 10.9. The molecule has 0 saturated carbocycles. The fraction of sp³-hybridized carbons (Fsp3) is 0.471. The number of hydrogen-bond donors (Lipinski definition) is 1. The summed E-state index contributed by atoms with van der Waals surface area (Å²) >= 11 is 3.37. The van der Waals surface area contributed by atoms with Crippen molar-refractivity contribution in [1.29, 1.82) is 0 Å². The number of carbonyl (C=O) groups excluding carboxylic acids is 3. The summed E-state index contributed by atoms with van der Waals surface area (Å²) in [6.45, 7) is 4.71. The van der Waals surface area contributed by atoms with Crippen molar-refractivity contribution in [2.45, 2.75) is 32.8 Å². The summed E-state index contributed by atoms with van der Waals surface area (Å²) in [4.78, 5) is 34.9. The minimum Gasteiger partial charge on any atom is -0.450 e. The Labute approximate surface area is 143 Å². The molecule has 5 nitrogen and oxygen atoms in total. The van der Waals surface area contributed by atoms with Crippen LogP contribution in [0.2, 0.25) is 0 Å². The first-order valence-corrected chi connectivity index (χ1v) is 8.61. The zero-order valence-electron chi connectivity index (χ0n) is 13.2. The Bertz CT molecular complexity index is 627. The molecule has 0 radical (unpaired) electrons. The molecule has 23 heavy (non-hydrogen) atoms. The van der Waals surface area contributed by atoms with Crippen molar-refractivity contribution in [3.63, 3.8) is 0 Å². The van der Waals surface area contributed by atoms with E-state index in [-0.39, 0.29) is 18.1 Å². The molecule has 0 spiro atoms. The molecule has 1 heterocycles. The molecule has 2 rings (SSSR count). The predicted molar refractivity (Wildman–Crippen MR) is 91.1 cm³/mol. The van der Waals surface area contributed by atoms with E-state index in [0.29, 0.717) is 10.9 Å². The molecule has 0 aromatic heterocycles. The van der Waals surface area contributed by atoms with E-state index in [1.54, 1.807) is 12.1 Å². The van der Waals surface area contributed by atoms with Gasteiger partial charge in [0.15, 0.2) is 12.4 Å². The maximum absolute atomic E-state index is 12.3. The quantitative estimate of drug-likeness (QED) is 0.340. The second-order valence-electron chi connectivity index (χ2n) is 6.46. The van der Waals surface area contributed by atoms with Crippen LogP contribution in [0.3, 0.4) is 0 Å². The van der Waals surface area contributed by atoms with Crippen LogP contribution in [0.25, 0.3) is 0 Å². The zero-order chi connectivity index (χ0) is 17.0. The average Bonchev–Trinajstić information content (AvgIpc) is 3.00. The molecule has 0 amide bonds. The highest BCUT2D eigenvalue weighted by Gasteiger charge is 2.30. The average molecular weight is 382 g/mol. The van der Waals surface area contributed by atoms with Gasteiger partial charge in [-0.25, -0.2) is 4.79 Å². The normalized spacial score (nSPS) is 14.6. The number of ketones is 1. The number of halogens is 1. The number of Topliss-reactive ketones (excluding diaryl/α,β-unsaturated/α-hetero) is 1. The third kappa shape index (κ3) is 4.41. The van der Waals surface area contributed by atoms with Crippen LogP contribution in [-0.4, -0.2) is 36.0 Å². The van der Waals surface area contributed by atoms with Crippen LogP contribution in [0, 0.1) is 5.41 Å². The van der Waals surface area contributed by atoms with Gasteiger partial charge in [0.05, 0.1) is 5.56 Å². The molecule has 0 fully saturated rings. The van der Waals surface area contributed by atoms with Gasteiger partial charge in [-0.05, 0) is 42.0 Å². The summed E-state index contributed by atoms with van der Waals surface area (Å²) in [6, 6.07) is 5.27. The number of hydrogen-bond acceptors (Lipinski definition) is 5. The first kappa shape index (κ1) is 17.7. The zero-order valence-corrected chi connectivity index (χ0v) is 14.8. The smallest absolute Gasteiger partial charge is 0.338 e. The van der Waals surface area contributed by atoms with E-state index in [4.69, 9.17) is 4.74 Å². The van der Waals surface area contributed by atoms with Gasteiger partial charge in [0.2, 0.25) is 5.78 Å². The lowest BCUT2D eigenvalue weighted by molar-refractivity contribution is -0.136. The minimum atomic E-state index is -1.06. The lowest BCUT2D eigenvalue weighted by atomic mass is 9.88. The van der Waals surface area contributed by atoms with E-state index >= 15 is 0 Å². The molecule has 1 unspecified atom stereocenters. The number of aldehydes is 1. The van der Waals surface area contributed by atoms with Gasteiger partial charge in [-0.2, -0.15) is 0 Å². The summed E-state index contributed by atoms with van der Waals surface area (Å²) in [5.41, 5.74) is 2.19. The van der Waals surface area contributed by atoms with Crippen molar-refractivity contribution in [3.8, 4) is 0 Å². The summed E-state index contributed by atoms with van der Waals surface area (Å²) in [6.07, 6.45) is 0.297. The minimum absolute atomic E-state index is 0.217. The SMILES string of the molecule is CC(C)(CBr)CC(OC(=O)c1ccc2c(c1)CCN2)C(=O)C=O. The Morgan fingerprint density at radius 2 is 2.17 bits per heavy atom. The van der Waals surface area contributed by atoms with Crippen molar-refractivity contribution >= 4 is 39.7 Å². The number of nitrogens with one attached hydrogen (secondary N) is 1. The van der Waals surface area contributed by atoms with Gasteiger partial charge in [-0.1, -0.05) is 29.8 Å². The summed E-state index contributed by atoms with van der Waals surface area (Å²) < 4.78 is 5.33. The highest BCUT2D eigenvalue weighted by Crippen LogP contribution is 2.27. The number of esters is 1. The Morgan fingerprint density at radius 1 is 1.43 bits per heavy atom. The standard InChI is InChI=1S/C17H20BrNO4/c1-17(2,10-18)8-15(14(21)9-20)23-16(22)12-3-4-13-11(7-12)5-6-19-13/h3-4,7,9,15,19H,5-6,8,10H2,1-2H3. The molecule has 124 valence electrons. The number of carbonyl (C=O) groups is 3. The number of fused-ring (bicyclic) bond motifs is 1. The van der Waals surface area contributed by atoms with Crippen LogP contribution in [0.4, 0.5) is 5.69 Å². The van der Waals surface area contributed by atoms with Gasteiger partial charge < -0.3 is 10.1 Å². The number of anilines is 1. The fourth-order valence-corrected chi connectivity index (χ4v) is 2.69. The maximum atomic E-state index is 12.3. The Kier molecular flexibility index (Phi) is 5.57. The monoisotopic (exact) mass is 381 g/mol. The highest BCUT2D eigenvalue weighted by atomic mass is 79.9. The molecule has 1 aromatic rings. The van der Waals surface area contributed by atoms with Crippen molar-refractivity contribution in [2.24, 2.45) is 5.41 Å². The molecule has 0 saturated heterocycles. The summed E-state index contributed by atoms with van der Waals surface area (Å²) in [7, 11) is 0. The molecule has 6 heteroatoms. The summed E-state index contributed by atoms with van der Waals surface area (Å²) in [5.74, 6) is -1.29. The molecule has 1 aliphatic heterocycles. The van der Waals surface area contributed by atoms with Gasteiger partial charge in [-0.15, -0.1) is 0 Å². The highest BCUT2D eigenvalue weighted by molar-refractivity contribution is 9.09. The van der Waals surface area contributed by atoms with Gasteiger partial charge in [0.25, 0.3) is 0 Å². The number of rotatable bonds is 7. The van der Waals surface area contributed by atoms with E-state index in [1.165, 1.54) is 0 Å². The fourth-order valence-electron chi connectivity index (χ4n) is 2.46. The largest absolute Gasteiger partial charge is 0.450 e. The predicted octanol–water partition coefficient (Wildman–Crippen LogP) is 2.76. The molecule has 0 aliphatic carbocycles. The van der Waals surface area contributed by atoms with Gasteiger partial charge in [0, 0.05) is 17.6 Å². The Hall–Kier alpha value is -1.69. The maximum Gasteiger partial charge on any atom is 0.338 e. The number of benzene rings is 1. The number of alkyl halides is 1. The second-order valence-corrected chi connectivity index (χ2v) is 7.03. The van der Waals surface area contributed by atoms with E-state index in [9.17, 15) is 14.4 Å². The van der Waals surface area contributed by atoms with Crippen LogP contribution < -0.4 is 5.32 Å². The van der Waals surface area contributed by atoms with Crippen LogP contribution >= 0.6 is 15.9 Å². The molecule has 0 bridgehead atoms. The van der Waals surface area contributed by atoms with E-state index in [0.717, 1.165) is 24.2 Å². The van der Waals surface area contributed by atoms with Crippen molar-refractivity contribution < 1.29 is 19.1 Å². The third-order valence-corrected chi connectivity index (χ3v) is 5.35. The topological polar surface area (TPSA) is 72.5 Å². The molecular formula is C17H20BrNO4. The second kappa shape index (κ2) is 7.25. The van der Waals surface area contributed by atoms with Crippen LogP contribution in [0.15, 0.2) is 18.2 Å². The van der Waals surface area contributed by atoms with Gasteiger partial charge in [0.1, 0.15) is 0 Å². The van der Waals surface area contributed by atoms with Crippen molar-refractivity contribution in [1.82, 2.24) is 0 Å². The molecule has 1 aromatic carbocycles. The van der Waals surface area contributed by atoms with E-state index < -0.39 is 17.9 Å². The molecular weight excluding hydrogens is 362 g/mol. The van der Waals surface area contributed by atoms with Crippen LogP contribution in [-0.2, 0) is 20.7 Å². The van der Waals surface area contributed by atoms with E-state index in [1.807, 2.05) is 19.9 Å². The van der Waals surface area contributed by atoms with Crippen LogP contribution in [0.1, 0.15) is 36.2 Å². The Balaban J connectivity index is 2.13. The molecule has 1 atom stereocenters.